The van der Waals surface area contributed by atoms with Gasteiger partial charge in [-0.3, -0.25) is 4.79 Å². The fraction of sp³-hybridized carbons (Fsp3) is 0.211. The van der Waals surface area contributed by atoms with Crippen molar-refractivity contribution in [3.05, 3.63) is 58.4 Å². The molecule has 1 N–H and O–H groups in total. The zero-order chi connectivity index (χ0) is 18.3. The number of hydrogen-bond donors (Lipinski definition) is 1. The SMILES string of the molecule is COc1cc2nc(Cc3cnc4c(ccn4C)c3)[nH]c(=O)c2cc1OC. The Morgan fingerprint density at radius 1 is 1.15 bits per heavy atom. The van der Waals surface area contributed by atoms with Gasteiger partial charge in [-0.1, -0.05) is 0 Å². The number of ether oxygens (including phenoxy) is 2. The highest BCUT2D eigenvalue weighted by molar-refractivity contribution is 5.82. The van der Waals surface area contributed by atoms with E-state index in [1.165, 1.54) is 7.11 Å². The summed E-state index contributed by atoms with van der Waals surface area (Å²) in [6.45, 7) is 0. The summed E-state index contributed by atoms with van der Waals surface area (Å²) < 4.78 is 12.5. The van der Waals surface area contributed by atoms with Crippen LogP contribution in [-0.2, 0) is 13.5 Å². The van der Waals surface area contributed by atoms with Gasteiger partial charge in [0.15, 0.2) is 11.5 Å². The molecule has 7 nitrogen and oxygen atoms in total. The maximum absolute atomic E-state index is 12.5. The van der Waals surface area contributed by atoms with E-state index in [0.717, 1.165) is 16.6 Å². The highest BCUT2D eigenvalue weighted by Crippen LogP contribution is 2.30. The van der Waals surface area contributed by atoms with E-state index in [1.807, 2.05) is 23.9 Å². The number of rotatable bonds is 4. The molecule has 0 unspecified atom stereocenters. The first-order valence-corrected chi connectivity index (χ1v) is 8.14. The summed E-state index contributed by atoms with van der Waals surface area (Å²) in [5, 5.41) is 1.52. The van der Waals surface area contributed by atoms with Gasteiger partial charge in [-0.25, -0.2) is 9.97 Å². The van der Waals surface area contributed by atoms with Gasteiger partial charge in [0.25, 0.3) is 5.56 Å². The topological polar surface area (TPSA) is 82.0 Å². The average Bonchev–Trinajstić information content (AvgIpc) is 3.01. The highest BCUT2D eigenvalue weighted by Gasteiger charge is 2.12. The van der Waals surface area contributed by atoms with Crippen molar-refractivity contribution in [2.45, 2.75) is 6.42 Å². The van der Waals surface area contributed by atoms with Gasteiger partial charge in [0.1, 0.15) is 11.5 Å². The molecule has 3 aromatic heterocycles. The summed E-state index contributed by atoms with van der Waals surface area (Å²) in [5.41, 5.74) is 2.26. The van der Waals surface area contributed by atoms with Crippen LogP contribution < -0.4 is 15.0 Å². The molecule has 7 heteroatoms. The van der Waals surface area contributed by atoms with Crippen molar-refractivity contribution >= 4 is 21.9 Å². The number of H-pyrrole nitrogens is 1. The molecular weight excluding hydrogens is 332 g/mol. The number of benzene rings is 1. The molecule has 0 fully saturated rings. The zero-order valence-electron chi connectivity index (χ0n) is 14.7. The maximum atomic E-state index is 12.5. The highest BCUT2D eigenvalue weighted by atomic mass is 16.5. The van der Waals surface area contributed by atoms with Crippen molar-refractivity contribution < 1.29 is 9.47 Å². The van der Waals surface area contributed by atoms with Crippen LogP contribution in [0, 0.1) is 0 Å². The second-order valence-corrected chi connectivity index (χ2v) is 6.10. The summed E-state index contributed by atoms with van der Waals surface area (Å²) in [7, 11) is 5.05. The summed E-state index contributed by atoms with van der Waals surface area (Å²) in [4.78, 5) is 24.4. The number of nitrogens with one attached hydrogen (secondary N) is 1. The smallest absolute Gasteiger partial charge is 0.258 e. The molecule has 0 amide bonds. The molecule has 0 spiro atoms. The van der Waals surface area contributed by atoms with E-state index in [9.17, 15) is 4.79 Å². The number of methoxy groups -OCH3 is 2. The van der Waals surface area contributed by atoms with Crippen molar-refractivity contribution in [1.29, 1.82) is 0 Å². The summed E-state index contributed by atoms with van der Waals surface area (Å²) in [6.07, 6.45) is 4.26. The number of pyridine rings is 1. The summed E-state index contributed by atoms with van der Waals surface area (Å²) in [6, 6.07) is 7.42. The summed E-state index contributed by atoms with van der Waals surface area (Å²) in [5.74, 6) is 1.61. The number of aromatic nitrogens is 4. The number of nitrogens with zero attached hydrogens (tertiary/aromatic N) is 3. The minimum atomic E-state index is -0.209. The molecule has 26 heavy (non-hydrogen) atoms. The number of aromatic amines is 1. The standard InChI is InChI=1S/C19H18N4O3/c1-23-5-4-12-6-11(10-20-18(12)23)7-17-21-14-9-16(26-3)15(25-2)8-13(14)19(24)22-17/h4-6,8-10H,7H2,1-3H3,(H,21,22,24). The Balaban J connectivity index is 1.77. The maximum Gasteiger partial charge on any atom is 0.258 e. The molecule has 0 atom stereocenters. The first-order valence-electron chi connectivity index (χ1n) is 8.14. The molecule has 0 bridgehead atoms. The lowest BCUT2D eigenvalue weighted by molar-refractivity contribution is 0.355. The van der Waals surface area contributed by atoms with Crippen LogP contribution in [0.4, 0.5) is 0 Å². The van der Waals surface area contributed by atoms with E-state index >= 15 is 0 Å². The lowest BCUT2D eigenvalue weighted by Crippen LogP contribution is -2.12. The Morgan fingerprint density at radius 2 is 1.92 bits per heavy atom. The van der Waals surface area contributed by atoms with Crippen LogP contribution in [0.1, 0.15) is 11.4 Å². The predicted molar refractivity (Wildman–Crippen MR) is 99.0 cm³/mol. The third-order valence-electron chi connectivity index (χ3n) is 4.39. The fourth-order valence-electron chi connectivity index (χ4n) is 3.09. The average molecular weight is 350 g/mol. The van der Waals surface area contributed by atoms with E-state index < -0.39 is 0 Å². The molecule has 3 heterocycles. The van der Waals surface area contributed by atoms with Crippen molar-refractivity contribution in [1.82, 2.24) is 19.5 Å². The zero-order valence-corrected chi connectivity index (χ0v) is 14.7. The first kappa shape index (κ1) is 16.1. The molecule has 0 radical (unpaired) electrons. The van der Waals surface area contributed by atoms with Gasteiger partial charge >= 0.3 is 0 Å². The van der Waals surface area contributed by atoms with Crippen LogP contribution in [0.3, 0.4) is 0 Å². The number of hydrogen-bond acceptors (Lipinski definition) is 5. The molecule has 1 aromatic carbocycles. The van der Waals surface area contributed by atoms with E-state index in [4.69, 9.17) is 9.47 Å². The predicted octanol–water partition coefficient (Wildman–Crippen LogP) is 2.42. The molecule has 0 saturated carbocycles. The van der Waals surface area contributed by atoms with Gasteiger partial charge in [-0.15, -0.1) is 0 Å². The normalized spacial score (nSPS) is 11.2. The third-order valence-corrected chi connectivity index (χ3v) is 4.39. The van der Waals surface area contributed by atoms with Crippen molar-refractivity contribution in [2.75, 3.05) is 14.2 Å². The van der Waals surface area contributed by atoms with Crippen LogP contribution >= 0.6 is 0 Å². The quantitative estimate of drug-likeness (QED) is 0.611. The summed E-state index contributed by atoms with van der Waals surface area (Å²) >= 11 is 0. The van der Waals surface area contributed by atoms with E-state index in [-0.39, 0.29) is 5.56 Å². The third kappa shape index (κ3) is 2.67. The van der Waals surface area contributed by atoms with Crippen LogP contribution in [0.15, 0.2) is 41.5 Å². The Labute approximate surface area is 149 Å². The Kier molecular flexibility index (Phi) is 3.84. The molecule has 0 aliphatic rings. The van der Waals surface area contributed by atoms with Gasteiger partial charge in [-0.2, -0.15) is 0 Å². The molecule has 0 aliphatic heterocycles. The molecule has 4 rings (SSSR count). The second kappa shape index (κ2) is 6.18. The second-order valence-electron chi connectivity index (χ2n) is 6.10. The number of fused-ring (bicyclic) bond motifs is 2. The van der Waals surface area contributed by atoms with E-state index in [1.54, 1.807) is 25.4 Å². The Bertz CT molecular complexity index is 1180. The monoisotopic (exact) mass is 350 g/mol. The van der Waals surface area contributed by atoms with Gasteiger partial charge in [0, 0.05) is 37.3 Å². The lowest BCUT2D eigenvalue weighted by Gasteiger charge is -2.09. The first-order chi connectivity index (χ1) is 12.6. The Morgan fingerprint density at radius 3 is 2.69 bits per heavy atom. The Hall–Kier alpha value is -3.35. The minimum absolute atomic E-state index is 0.209. The molecule has 0 aliphatic carbocycles. The molecule has 4 aromatic rings. The van der Waals surface area contributed by atoms with Crippen LogP contribution in [-0.4, -0.2) is 33.7 Å². The lowest BCUT2D eigenvalue weighted by atomic mass is 10.1. The largest absolute Gasteiger partial charge is 0.493 e. The van der Waals surface area contributed by atoms with E-state index in [0.29, 0.717) is 34.6 Å². The van der Waals surface area contributed by atoms with Crippen LogP contribution in [0.25, 0.3) is 21.9 Å². The van der Waals surface area contributed by atoms with Crippen LogP contribution in [0.5, 0.6) is 11.5 Å². The van der Waals surface area contributed by atoms with Crippen molar-refractivity contribution in [3.8, 4) is 11.5 Å². The molecule has 132 valence electrons. The minimum Gasteiger partial charge on any atom is -0.493 e. The van der Waals surface area contributed by atoms with Gasteiger partial charge in [0.05, 0.1) is 25.1 Å². The number of aryl methyl sites for hydroxylation is 1. The van der Waals surface area contributed by atoms with Gasteiger partial charge in [-0.05, 0) is 23.8 Å². The van der Waals surface area contributed by atoms with Gasteiger partial charge in [0.2, 0.25) is 0 Å². The van der Waals surface area contributed by atoms with Crippen molar-refractivity contribution in [3.63, 3.8) is 0 Å². The molecule has 0 saturated heterocycles. The van der Waals surface area contributed by atoms with Crippen molar-refractivity contribution in [2.24, 2.45) is 7.05 Å². The van der Waals surface area contributed by atoms with Gasteiger partial charge < -0.3 is 19.0 Å². The van der Waals surface area contributed by atoms with E-state index in [2.05, 4.69) is 21.0 Å². The molecular formula is C19H18N4O3. The fourth-order valence-corrected chi connectivity index (χ4v) is 3.09. The van der Waals surface area contributed by atoms with Crippen LogP contribution in [0.2, 0.25) is 0 Å².